The standard InChI is InChI=1S/C13H22N2O2/c1-8(2)15-10(4)11(9(3)14-15)7-13(5,6)12(16)17/h8H,7H2,1-6H3,(H,16,17). The highest BCUT2D eigenvalue weighted by atomic mass is 16.4. The summed E-state index contributed by atoms with van der Waals surface area (Å²) in [5.74, 6) is -0.770. The molecule has 0 spiro atoms. The van der Waals surface area contributed by atoms with Crippen molar-refractivity contribution in [2.75, 3.05) is 0 Å². The van der Waals surface area contributed by atoms with Crippen molar-refractivity contribution in [3.8, 4) is 0 Å². The first-order valence-corrected chi connectivity index (χ1v) is 5.94. The third-order valence-electron chi connectivity index (χ3n) is 3.16. The third-order valence-corrected chi connectivity index (χ3v) is 3.16. The van der Waals surface area contributed by atoms with Crippen molar-refractivity contribution in [2.24, 2.45) is 5.41 Å². The maximum Gasteiger partial charge on any atom is 0.309 e. The molecule has 0 aliphatic rings. The Balaban J connectivity index is 3.12. The van der Waals surface area contributed by atoms with Crippen molar-refractivity contribution < 1.29 is 9.90 Å². The maximum absolute atomic E-state index is 11.2. The van der Waals surface area contributed by atoms with Crippen LogP contribution in [0.4, 0.5) is 0 Å². The van der Waals surface area contributed by atoms with Gasteiger partial charge in [-0.3, -0.25) is 9.48 Å². The van der Waals surface area contributed by atoms with E-state index in [-0.39, 0.29) is 0 Å². The topological polar surface area (TPSA) is 55.1 Å². The van der Waals surface area contributed by atoms with Crippen molar-refractivity contribution in [1.29, 1.82) is 0 Å². The molecule has 96 valence electrons. The van der Waals surface area contributed by atoms with Crippen LogP contribution in [0.15, 0.2) is 0 Å². The highest BCUT2D eigenvalue weighted by Gasteiger charge is 2.30. The summed E-state index contributed by atoms with van der Waals surface area (Å²) in [5.41, 5.74) is 2.32. The Morgan fingerprint density at radius 2 is 1.94 bits per heavy atom. The van der Waals surface area contributed by atoms with Crippen LogP contribution in [-0.4, -0.2) is 20.9 Å². The van der Waals surface area contributed by atoms with Gasteiger partial charge in [0, 0.05) is 11.7 Å². The lowest BCUT2D eigenvalue weighted by molar-refractivity contribution is -0.146. The van der Waals surface area contributed by atoms with Crippen LogP contribution in [-0.2, 0) is 11.2 Å². The molecule has 1 rings (SSSR count). The molecular formula is C13H22N2O2. The van der Waals surface area contributed by atoms with E-state index in [1.165, 1.54) is 0 Å². The van der Waals surface area contributed by atoms with Gasteiger partial charge in [-0.1, -0.05) is 0 Å². The molecular weight excluding hydrogens is 216 g/mol. The molecule has 0 amide bonds. The number of hydrogen-bond donors (Lipinski definition) is 1. The van der Waals surface area contributed by atoms with Crippen molar-refractivity contribution in [1.82, 2.24) is 9.78 Å². The van der Waals surface area contributed by atoms with E-state index >= 15 is 0 Å². The number of aliphatic carboxylic acids is 1. The molecule has 0 saturated carbocycles. The fraction of sp³-hybridized carbons (Fsp3) is 0.692. The number of rotatable bonds is 4. The second-order valence-electron chi connectivity index (χ2n) is 5.55. The summed E-state index contributed by atoms with van der Waals surface area (Å²) in [6.07, 6.45) is 0.521. The van der Waals surface area contributed by atoms with E-state index in [9.17, 15) is 9.90 Å². The average molecular weight is 238 g/mol. The Labute approximate surface area is 103 Å². The maximum atomic E-state index is 11.2. The Morgan fingerprint density at radius 3 is 2.29 bits per heavy atom. The predicted molar refractivity (Wildman–Crippen MR) is 67.2 cm³/mol. The largest absolute Gasteiger partial charge is 0.481 e. The minimum atomic E-state index is -0.770. The van der Waals surface area contributed by atoms with Crippen LogP contribution >= 0.6 is 0 Å². The van der Waals surface area contributed by atoms with Crippen molar-refractivity contribution in [2.45, 2.75) is 54.0 Å². The SMILES string of the molecule is Cc1nn(C(C)C)c(C)c1CC(C)(C)C(=O)O. The fourth-order valence-electron chi connectivity index (χ4n) is 1.97. The molecule has 0 atom stereocenters. The summed E-state index contributed by atoms with van der Waals surface area (Å²) in [6.45, 7) is 11.6. The van der Waals surface area contributed by atoms with E-state index in [1.54, 1.807) is 13.8 Å². The lowest BCUT2D eigenvalue weighted by Crippen LogP contribution is -2.26. The highest BCUT2D eigenvalue weighted by molar-refractivity contribution is 5.74. The lowest BCUT2D eigenvalue weighted by Gasteiger charge is -2.19. The van der Waals surface area contributed by atoms with Gasteiger partial charge in [0.15, 0.2) is 0 Å². The number of aryl methyl sites for hydroxylation is 1. The number of carboxylic acid groups (broad SMARTS) is 1. The van der Waals surface area contributed by atoms with Gasteiger partial charge in [0.25, 0.3) is 0 Å². The Morgan fingerprint density at radius 1 is 1.41 bits per heavy atom. The summed E-state index contributed by atoms with van der Waals surface area (Å²) in [5, 5.41) is 13.7. The predicted octanol–water partition coefficient (Wildman–Crippen LogP) is 2.73. The van der Waals surface area contributed by atoms with Crippen LogP contribution in [0.25, 0.3) is 0 Å². The minimum Gasteiger partial charge on any atom is -0.481 e. The van der Waals surface area contributed by atoms with Crippen LogP contribution in [0.3, 0.4) is 0 Å². The van der Waals surface area contributed by atoms with Gasteiger partial charge in [-0.05, 0) is 53.5 Å². The summed E-state index contributed by atoms with van der Waals surface area (Å²) in [4.78, 5) is 11.2. The molecule has 17 heavy (non-hydrogen) atoms. The zero-order valence-electron chi connectivity index (χ0n) is 11.5. The van der Waals surface area contributed by atoms with Gasteiger partial charge in [0.1, 0.15) is 0 Å². The Kier molecular flexibility index (Phi) is 3.65. The van der Waals surface area contributed by atoms with Crippen LogP contribution in [0.2, 0.25) is 0 Å². The van der Waals surface area contributed by atoms with E-state index in [0.717, 1.165) is 17.0 Å². The monoisotopic (exact) mass is 238 g/mol. The normalized spacial score (nSPS) is 12.2. The van der Waals surface area contributed by atoms with E-state index in [4.69, 9.17) is 0 Å². The van der Waals surface area contributed by atoms with E-state index in [0.29, 0.717) is 12.5 Å². The number of aromatic nitrogens is 2. The quantitative estimate of drug-likeness (QED) is 0.877. The highest BCUT2D eigenvalue weighted by Crippen LogP contribution is 2.27. The second kappa shape index (κ2) is 4.51. The molecule has 1 aromatic heterocycles. The van der Waals surface area contributed by atoms with Gasteiger partial charge in [-0.15, -0.1) is 0 Å². The second-order valence-corrected chi connectivity index (χ2v) is 5.55. The molecule has 4 heteroatoms. The Bertz CT molecular complexity index is 431. The molecule has 0 aromatic carbocycles. The Hall–Kier alpha value is -1.32. The first kappa shape index (κ1) is 13.7. The van der Waals surface area contributed by atoms with Crippen LogP contribution in [0.5, 0.6) is 0 Å². The number of carboxylic acids is 1. The molecule has 1 N–H and O–H groups in total. The van der Waals surface area contributed by atoms with Crippen molar-refractivity contribution >= 4 is 5.97 Å². The first-order valence-electron chi connectivity index (χ1n) is 5.94. The van der Waals surface area contributed by atoms with Gasteiger partial charge < -0.3 is 5.11 Å². The zero-order valence-corrected chi connectivity index (χ0v) is 11.5. The van der Waals surface area contributed by atoms with Gasteiger partial charge in [0.05, 0.1) is 11.1 Å². The van der Waals surface area contributed by atoms with Crippen LogP contribution in [0, 0.1) is 19.3 Å². The molecule has 4 nitrogen and oxygen atoms in total. The van der Waals surface area contributed by atoms with Crippen molar-refractivity contribution in [3.05, 3.63) is 17.0 Å². The summed E-state index contributed by atoms with van der Waals surface area (Å²) < 4.78 is 1.96. The molecule has 0 aliphatic heterocycles. The molecule has 0 radical (unpaired) electrons. The smallest absolute Gasteiger partial charge is 0.309 e. The van der Waals surface area contributed by atoms with E-state index < -0.39 is 11.4 Å². The molecule has 0 bridgehead atoms. The van der Waals surface area contributed by atoms with Gasteiger partial charge >= 0.3 is 5.97 Å². The molecule has 0 fully saturated rings. The fourth-order valence-corrected chi connectivity index (χ4v) is 1.97. The van der Waals surface area contributed by atoms with Crippen LogP contribution in [0.1, 0.15) is 50.7 Å². The number of nitrogens with zero attached hydrogens (tertiary/aromatic N) is 2. The van der Waals surface area contributed by atoms with Gasteiger partial charge in [-0.25, -0.2) is 0 Å². The third kappa shape index (κ3) is 2.68. The van der Waals surface area contributed by atoms with E-state index in [2.05, 4.69) is 18.9 Å². The minimum absolute atomic E-state index is 0.301. The molecule has 0 aliphatic carbocycles. The lowest BCUT2D eigenvalue weighted by atomic mass is 9.85. The number of hydrogen-bond acceptors (Lipinski definition) is 2. The van der Waals surface area contributed by atoms with Crippen LogP contribution < -0.4 is 0 Å². The van der Waals surface area contributed by atoms with Crippen molar-refractivity contribution in [3.63, 3.8) is 0 Å². The first-order chi connectivity index (χ1) is 7.66. The number of carbonyl (C=O) groups is 1. The molecule has 1 heterocycles. The summed E-state index contributed by atoms with van der Waals surface area (Å²) in [7, 11) is 0. The summed E-state index contributed by atoms with van der Waals surface area (Å²) in [6, 6.07) is 0.301. The molecule has 0 saturated heterocycles. The average Bonchev–Trinajstić information content (AvgIpc) is 2.45. The van der Waals surface area contributed by atoms with Gasteiger partial charge in [0.2, 0.25) is 0 Å². The van der Waals surface area contributed by atoms with Gasteiger partial charge in [-0.2, -0.15) is 5.10 Å². The van der Waals surface area contributed by atoms with E-state index in [1.807, 2.05) is 18.5 Å². The summed E-state index contributed by atoms with van der Waals surface area (Å²) >= 11 is 0. The molecule has 1 aromatic rings. The zero-order chi connectivity index (χ0) is 13.4. The molecule has 0 unspecified atom stereocenters.